The van der Waals surface area contributed by atoms with Crippen LogP contribution in [0.25, 0.3) is 0 Å². The monoisotopic (exact) mass is 248 g/mol. The third-order valence-corrected chi connectivity index (χ3v) is 4.11. The van der Waals surface area contributed by atoms with Crippen molar-refractivity contribution in [3.63, 3.8) is 0 Å². The molecule has 0 aromatic heterocycles. The van der Waals surface area contributed by atoms with Gasteiger partial charge in [0.15, 0.2) is 0 Å². The highest BCUT2D eigenvalue weighted by Gasteiger charge is 2.37. The molecule has 2 unspecified atom stereocenters. The number of hydrogen-bond donors (Lipinski definition) is 1. The van der Waals surface area contributed by atoms with E-state index in [9.17, 15) is 5.11 Å². The number of rotatable bonds is 2. The molecule has 1 N–H and O–H groups in total. The third-order valence-electron chi connectivity index (χ3n) is 4.11. The summed E-state index contributed by atoms with van der Waals surface area (Å²) in [4.78, 5) is 0. The standard InChI is InChI=1S/C15H20O3/c1-15(7-2-3-8-18-15)14(16)12-4-5-13-11(10-12)6-9-17-13/h4-5,10,14,16H,2-3,6-9H2,1H3. The molecule has 1 aromatic rings. The first-order valence-corrected chi connectivity index (χ1v) is 6.77. The van der Waals surface area contributed by atoms with Crippen LogP contribution >= 0.6 is 0 Å². The molecule has 98 valence electrons. The molecule has 0 bridgehead atoms. The Balaban J connectivity index is 1.85. The van der Waals surface area contributed by atoms with E-state index in [1.807, 2.05) is 19.1 Å². The van der Waals surface area contributed by atoms with Crippen molar-refractivity contribution in [1.29, 1.82) is 0 Å². The molecule has 3 rings (SSSR count). The Morgan fingerprint density at radius 2 is 2.17 bits per heavy atom. The Morgan fingerprint density at radius 3 is 2.94 bits per heavy atom. The third kappa shape index (κ3) is 2.02. The Morgan fingerprint density at radius 1 is 1.28 bits per heavy atom. The molecule has 1 saturated heterocycles. The van der Waals surface area contributed by atoms with Gasteiger partial charge in [-0.05, 0) is 49.4 Å². The molecule has 2 atom stereocenters. The maximum Gasteiger partial charge on any atom is 0.122 e. The van der Waals surface area contributed by atoms with Crippen molar-refractivity contribution in [1.82, 2.24) is 0 Å². The molecule has 0 saturated carbocycles. The van der Waals surface area contributed by atoms with Crippen LogP contribution in [0.5, 0.6) is 5.75 Å². The maximum absolute atomic E-state index is 10.6. The zero-order valence-corrected chi connectivity index (χ0v) is 10.8. The van der Waals surface area contributed by atoms with Crippen LogP contribution in [0.15, 0.2) is 18.2 Å². The number of hydrogen-bond acceptors (Lipinski definition) is 3. The first-order chi connectivity index (χ1) is 8.69. The molecule has 3 heteroatoms. The molecule has 18 heavy (non-hydrogen) atoms. The molecule has 0 spiro atoms. The van der Waals surface area contributed by atoms with Crippen molar-refractivity contribution >= 4 is 0 Å². The Labute approximate surface area is 108 Å². The van der Waals surface area contributed by atoms with Crippen molar-refractivity contribution in [2.24, 2.45) is 0 Å². The molecule has 1 aromatic carbocycles. The molecule has 0 aliphatic carbocycles. The Hall–Kier alpha value is -1.06. The molecule has 2 aliphatic rings. The Kier molecular flexibility index (Phi) is 3.04. The summed E-state index contributed by atoms with van der Waals surface area (Å²) < 4.78 is 11.3. The van der Waals surface area contributed by atoms with Gasteiger partial charge >= 0.3 is 0 Å². The van der Waals surface area contributed by atoms with Crippen molar-refractivity contribution in [3.05, 3.63) is 29.3 Å². The SMILES string of the molecule is CC1(C(O)c2ccc3c(c2)CCO3)CCCCO1. The van der Waals surface area contributed by atoms with Crippen LogP contribution in [0.4, 0.5) is 0 Å². The highest BCUT2D eigenvalue weighted by atomic mass is 16.5. The fraction of sp³-hybridized carbons (Fsp3) is 0.600. The van der Waals surface area contributed by atoms with Gasteiger partial charge < -0.3 is 14.6 Å². The lowest BCUT2D eigenvalue weighted by molar-refractivity contribution is -0.138. The smallest absolute Gasteiger partial charge is 0.122 e. The van der Waals surface area contributed by atoms with Crippen LogP contribution in [0, 0.1) is 0 Å². The normalized spacial score (nSPS) is 28.6. The summed E-state index contributed by atoms with van der Waals surface area (Å²) in [6.07, 6.45) is 3.53. The highest BCUT2D eigenvalue weighted by Crippen LogP contribution is 2.38. The van der Waals surface area contributed by atoms with Gasteiger partial charge in [-0.1, -0.05) is 6.07 Å². The van der Waals surface area contributed by atoms with E-state index in [0.29, 0.717) is 0 Å². The minimum atomic E-state index is -0.552. The molecule has 2 aliphatic heterocycles. The van der Waals surface area contributed by atoms with Crippen LogP contribution in [0.3, 0.4) is 0 Å². The van der Waals surface area contributed by atoms with Crippen LogP contribution in [0.2, 0.25) is 0 Å². The fourth-order valence-electron chi connectivity index (χ4n) is 2.90. The van der Waals surface area contributed by atoms with Gasteiger partial charge in [0.25, 0.3) is 0 Å². The molecule has 1 fully saturated rings. The summed E-state index contributed by atoms with van der Waals surface area (Å²) in [7, 11) is 0. The van der Waals surface area contributed by atoms with Crippen LogP contribution in [-0.4, -0.2) is 23.9 Å². The van der Waals surface area contributed by atoms with Crippen molar-refractivity contribution in [3.8, 4) is 5.75 Å². The minimum Gasteiger partial charge on any atom is -0.493 e. The molecule has 2 heterocycles. The summed E-state index contributed by atoms with van der Waals surface area (Å²) in [6.45, 7) is 3.52. The largest absolute Gasteiger partial charge is 0.493 e. The van der Waals surface area contributed by atoms with Crippen molar-refractivity contribution in [2.75, 3.05) is 13.2 Å². The summed E-state index contributed by atoms with van der Waals surface area (Å²) in [5.41, 5.74) is 1.71. The highest BCUT2D eigenvalue weighted by molar-refractivity contribution is 5.41. The first kappa shape index (κ1) is 12.0. The van der Waals surface area contributed by atoms with Gasteiger partial charge in [0.05, 0.1) is 12.2 Å². The predicted molar refractivity (Wildman–Crippen MR) is 68.8 cm³/mol. The van der Waals surface area contributed by atoms with Crippen LogP contribution in [-0.2, 0) is 11.2 Å². The first-order valence-electron chi connectivity index (χ1n) is 6.77. The summed E-state index contributed by atoms with van der Waals surface area (Å²) >= 11 is 0. The maximum atomic E-state index is 10.6. The summed E-state index contributed by atoms with van der Waals surface area (Å²) in [6, 6.07) is 5.99. The van der Waals surface area contributed by atoms with Crippen molar-refractivity contribution in [2.45, 2.75) is 44.3 Å². The van der Waals surface area contributed by atoms with E-state index < -0.39 is 11.7 Å². The van der Waals surface area contributed by atoms with E-state index in [-0.39, 0.29) is 0 Å². The lowest BCUT2D eigenvalue weighted by Gasteiger charge is -2.38. The van der Waals surface area contributed by atoms with Crippen LogP contribution in [0.1, 0.15) is 43.4 Å². The summed E-state index contributed by atoms with van der Waals surface area (Å²) in [5, 5.41) is 10.6. The number of benzene rings is 1. The quantitative estimate of drug-likeness (QED) is 0.874. The van der Waals surface area contributed by atoms with E-state index in [0.717, 1.165) is 50.2 Å². The minimum absolute atomic E-state index is 0.439. The predicted octanol–water partition coefficient (Wildman–Crippen LogP) is 2.61. The number of ether oxygens (including phenoxy) is 2. The van der Waals surface area contributed by atoms with Gasteiger partial charge in [-0.2, -0.15) is 0 Å². The topological polar surface area (TPSA) is 38.7 Å². The second kappa shape index (κ2) is 4.56. The molecule has 0 amide bonds. The molecular formula is C15H20O3. The Bertz CT molecular complexity index is 435. The van der Waals surface area contributed by atoms with Gasteiger partial charge in [-0.3, -0.25) is 0 Å². The number of aliphatic hydroxyl groups excluding tert-OH is 1. The average molecular weight is 248 g/mol. The zero-order valence-electron chi connectivity index (χ0n) is 10.8. The van der Waals surface area contributed by atoms with E-state index in [2.05, 4.69) is 6.07 Å². The van der Waals surface area contributed by atoms with Crippen LogP contribution < -0.4 is 4.74 Å². The lowest BCUT2D eigenvalue weighted by atomic mass is 9.85. The van der Waals surface area contributed by atoms with E-state index in [1.54, 1.807) is 0 Å². The lowest BCUT2D eigenvalue weighted by Crippen LogP contribution is -2.39. The second-order valence-electron chi connectivity index (χ2n) is 5.49. The van der Waals surface area contributed by atoms with Gasteiger partial charge in [0.2, 0.25) is 0 Å². The zero-order chi connectivity index (χ0) is 12.6. The number of aliphatic hydroxyl groups is 1. The fourth-order valence-corrected chi connectivity index (χ4v) is 2.90. The molecule has 0 radical (unpaired) electrons. The number of fused-ring (bicyclic) bond motifs is 1. The molecular weight excluding hydrogens is 228 g/mol. The van der Waals surface area contributed by atoms with E-state index >= 15 is 0 Å². The second-order valence-corrected chi connectivity index (χ2v) is 5.49. The van der Waals surface area contributed by atoms with E-state index in [4.69, 9.17) is 9.47 Å². The molecule has 3 nitrogen and oxygen atoms in total. The van der Waals surface area contributed by atoms with E-state index in [1.165, 1.54) is 5.56 Å². The summed E-state index contributed by atoms with van der Waals surface area (Å²) in [5.74, 6) is 0.959. The van der Waals surface area contributed by atoms with Gasteiger partial charge in [-0.15, -0.1) is 0 Å². The van der Waals surface area contributed by atoms with Gasteiger partial charge in [0, 0.05) is 13.0 Å². The van der Waals surface area contributed by atoms with Gasteiger partial charge in [-0.25, -0.2) is 0 Å². The average Bonchev–Trinajstić information content (AvgIpc) is 2.86. The van der Waals surface area contributed by atoms with Crippen molar-refractivity contribution < 1.29 is 14.6 Å². The van der Waals surface area contributed by atoms with Gasteiger partial charge in [0.1, 0.15) is 11.9 Å².